The van der Waals surface area contributed by atoms with Crippen molar-refractivity contribution in [2.45, 2.75) is 45.1 Å². The van der Waals surface area contributed by atoms with E-state index in [9.17, 15) is 10.1 Å². The van der Waals surface area contributed by atoms with Crippen LogP contribution in [0.4, 0.5) is 17.1 Å². The fraction of sp³-hybridized carbons (Fsp3) is 0.243. The third-order valence-corrected chi connectivity index (χ3v) is 8.01. The predicted octanol–water partition coefficient (Wildman–Crippen LogP) is 8.46. The van der Waals surface area contributed by atoms with Gasteiger partial charge in [0.05, 0.1) is 16.7 Å². The molecule has 1 atom stereocenters. The highest BCUT2D eigenvalue weighted by atomic mass is 16.6. The molecule has 0 radical (unpaired) electrons. The number of fused-ring (bicyclic) bond motifs is 1. The van der Waals surface area contributed by atoms with Gasteiger partial charge in [-0.15, -0.1) is 0 Å². The molecule has 44 heavy (non-hydrogen) atoms. The van der Waals surface area contributed by atoms with Crippen molar-refractivity contribution in [3.8, 4) is 11.5 Å². The Morgan fingerprint density at radius 3 is 2.41 bits per heavy atom. The molecule has 0 aromatic heterocycles. The lowest BCUT2D eigenvalue weighted by Crippen LogP contribution is -2.29. The van der Waals surface area contributed by atoms with Crippen molar-refractivity contribution in [2.24, 2.45) is 0 Å². The molecule has 1 N–H and O–H groups in total. The van der Waals surface area contributed by atoms with E-state index in [1.807, 2.05) is 92.5 Å². The second-order valence-corrected chi connectivity index (χ2v) is 11.6. The molecule has 4 aromatic carbocycles. The van der Waals surface area contributed by atoms with E-state index in [1.54, 1.807) is 12.1 Å². The molecule has 1 unspecified atom stereocenters. The Balaban J connectivity index is 1.48. The van der Waals surface area contributed by atoms with Crippen LogP contribution >= 0.6 is 0 Å². The molecule has 7 nitrogen and oxygen atoms in total. The van der Waals surface area contributed by atoms with Crippen LogP contribution in [0.5, 0.6) is 11.5 Å². The maximum absolute atomic E-state index is 12.0. The number of nitrogens with one attached hydrogen (secondary N) is 1. The number of nitrogens with zero attached hydrogens (tertiary/aromatic N) is 2. The minimum atomic E-state index is -0.711. The number of hydrogen-bond acceptors (Lipinski definition) is 6. The zero-order valence-electron chi connectivity index (χ0n) is 25.7. The van der Waals surface area contributed by atoms with Gasteiger partial charge in [-0.05, 0) is 79.3 Å². The number of para-hydroxylation sites is 2. The molecular weight excluding hydrogens is 550 g/mol. The van der Waals surface area contributed by atoms with Gasteiger partial charge in [0.2, 0.25) is 5.88 Å². The van der Waals surface area contributed by atoms with Gasteiger partial charge in [-0.3, -0.25) is 10.1 Å². The van der Waals surface area contributed by atoms with Crippen molar-refractivity contribution in [1.29, 1.82) is 0 Å². The van der Waals surface area contributed by atoms with E-state index in [4.69, 9.17) is 9.47 Å². The molecule has 1 aliphatic heterocycles. The first-order valence-corrected chi connectivity index (χ1v) is 14.9. The first-order valence-electron chi connectivity index (χ1n) is 14.9. The maximum Gasteiger partial charge on any atom is 0.269 e. The Morgan fingerprint density at radius 2 is 1.73 bits per heavy atom. The normalized spacial score (nSPS) is 14.6. The summed E-state index contributed by atoms with van der Waals surface area (Å²) in [5.74, 6) is 2.28. The third kappa shape index (κ3) is 6.78. The largest absolute Gasteiger partial charge is 0.491 e. The zero-order valence-corrected chi connectivity index (χ0v) is 25.7. The lowest BCUT2D eigenvalue weighted by Gasteiger charge is -2.34. The summed E-state index contributed by atoms with van der Waals surface area (Å²) in [6.07, 6.45) is 3.43. The van der Waals surface area contributed by atoms with Gasteiger partial charge in [0.25, 0.3) is 5.69 Å². The van der Waals surface area contributed by atoms with Gasteiger partial charge in [0.1, 0.15) is 5.75 Å². The van der Waals surface area contributed by atoms with Crippen LogP contribution in [0.1, 0.15) is 37.5 Å². The van der Waals surface area contributed by atoms with Gasteiger partial charge < -0.3 is 19.7 Å². The lowest BCUT2D eigenvalue weighted by molar-refractivity contribution is -0.384. The third-order valence-electron chi connectivity index (χ3n) is 8.01. The van der Waals surface area contributed by atoms with Crippen LogP contribution in [0.25, 0.3) is 0 Å². The summed E-state index contributed by atoms with van der Waals surface area (Å²) in [5, 5.41) is 15.6. The summed E-state index contributed by atoms with van der Waals surface area (Å²) in [5.41, 5.74) is 4.97. The van der Waals surface area contributed by atoms with Crippen molar-refractivity contribution in [3.05, 3.63) is 148 Å². The highest BCUT2D eigenvalue weighted by Gasteiger charge is 2.35. The number of nitro groups is 1. The summed E-state index contributed by atoms with van der Waals surface area (Å²) in [6.45, 7) is 11.3. The SMILES string of the molecule is C=C(/C=C1\Oc2ccccc2N1C)C(C)(Cc1ccccc1)c1cc([N+](=O)[O-])ccc1NCCc1ccc(OC(C)C)cc1. The van der Waals surface area contributed by atoms with Gasteiger partial charge in [0.15, 0.2) is 5.75 Å². The Kier molecular flexibility index (Phi) is 9.04. The smallest absolute Gasteiger partial charge is 0.269 e. The number of hydrogen-bond donors (Lipinski definition) is 1. The van der Waals surface area contributed by atoms with E-state index in [2.05, 4.69) is 43.1 Å². The number of nitro benzene ring substituents is 1. The standard InChI is InChI=1S/C37H39N3O4/c1-26(2)43-31-18-15-28(16-19-31)21-22-38-33-20-17-30(40(41)42)24-32(33)37(4,25-29-11-7-6-8-12-29)27(3)23-36-39(5)34-13-9-10-14-35(34)44-36/h6-20,23-24,26,38H,3,21-22,25H2,1-2,4-5H3/b36-23-. The topological polar surface area (TPSA) is 76.9 Å². The maximum atomic E-state index is 12.0. The molecule has 1 aliphatic rings. The summed E-state index contributed by atoms with van der Waals surface area (Å²) >= 11 is 0. The molecule has 0 fully saturated rings. The Hall–Kier alpha value is -5.04. The van der Waals surface area contributed by atoms with E-state index in [-0.39, 0.29) is 16.7 Å². The number of non-ortho nitro benzene ring substituents is 1. The molecule has 5 rings (SSSR count). The van der Waals surface area contributed by atoms with Crippen LogP contribution in [0.3, 0.4) is 0 Å². The second kappa shape index (κ2) is 13.1. The number of anilines is 2. The van der Waals surface area contributed by atoms with Gasteiger partial charge in [-0.2, -0.15) is 0 Å². The molecule has 226 valence electrons. The van der Waals surface area contributed by atoms with Crippen LogP contribution in [0.15, 0.2) is 121 Å². The second-order valence-electron chi connectivity index (χ2n) is 11.6. The average Bonchev–Trinajstić information content (AvgIpc) is 3.32. The van der Waals surface area contributed by atoms with Gasteiger partial charge in [0, 0.05) is 42.9 Å². The monoisotopic (exact) mass is 589 g/mol. The van der Waals surface area contributed by atoms with Gasteiger partial charge in [-0.1, -0.05) is 68.1 Å². The van der Waals surface area contributed by atoms with Crippen molar-refractivity contribution in [3.63, 3.8) is 0 Å². The lowest BCUT2D eigenvalue weighted by atomic mass is 9.71. The first-order chi connectivity index (χ1) is 21.1. The minimum Gasteiger partial charge on any atom is -0.491 e. The molecular formula is C37H39N3O4. The molecule has 0 bridgehead atoms. The number of rotatable bonds is 12. The zero-order chi connectivity index (χ0) is 31.3. The van der Waals surface area contributed by atoms with E-state index >= 15 is 0 Å². The molecule has 7 heteroatoms. The average molecular weight is 590 g/mol. The van der Waals surface area contributed by atoms with E-state index in [0.717, 1.165) is 46.0 Å². The van der Waals surface area contributed by atoms with Gasteiger partial charge >= 0.3 is 0 Å². The number of benzene rings is 4. The summed E-state index contributed by atoms with van der Waals surface area (Å²) in [7, 11) is 1.96. The molecule has 0 saturated heterocycles. The molecule has 4 aromatic rings. The number of allylic oxidation sites excluding steroid dienone is 2. The Morgan fingerprint density at radius 1 is 1.02 bits per heavy atom. The van der Waals surface area contributed by atoms with Crippen molar-refractivity contribution >= 4 is 17.1 Å². The molecule has 1 heterocycles. The van der Waals surface area contributed by atoms with Crippen LogP contribution in [-0.4, -0.2) is 24.6 Å². The van der Waals surface area contributed by atoms with Gasteiger partial charge in [-0.25, -0.2) is 0 Å². The summed E-state index contributed by atoms with van der Waals surface area (Å²) in [6, 6.07) is 31.2. The fourth-order valence-electron chi connectivity index (χ4n) is 5.55. The minimum absolute atomic E-state index is 0.0349. The molecule has 0 amide bonds. The van der Waals surface area contributed by atoms with Crippen LogP contribution in [0.2, 0.25) is 0 Å². The highest BCUT2D eigenvalue weighted by Crippen LogP contribution is 2.43. The molecule has 0 spiro atoms. The summed E-state index contributed by atoms with van der Waals surface area (Å²) < 4.78 is 12.0. The quantitative estimate of drug-likeness (QED) is 0.132. The predicted molar refractivity (Wildman–Crippen MR) is 178 cm³/mol. The van der Waals surface area contributed by atoms with Crippen LogP contribution in [0, 0.1) is 10.1 Å². The first kappa shape index (κ1) is 30.4. The van der Waals surface area contributed by atoms with Crippen LogP contribution in [-0.2, 0) is 18.3 Å². The molecule has 0 saturated carbocycles. The van der Waals surface area contributed by atoms with E-state index < -0.39 is 5.41 Å². The van der Waals surface area contributed by atoms with Crippen molar-refractivity contribution < 1.29 is 14.4 Å². The highest BCUT2D eigenvalue weighted by molar-refractivity contribution is 5.67. The van der Waals surface area contributed by atoms with Crippen molar-refractivity contribution in [2.75, 3.05) is 23.8 Å². The number of ether oxygens (including phenoxy) is 2. The molecule has 0 aliphatic carbocycles. The fourth-order valence-corrected chi connectivity index (χ4v) is 5.55. The van der Waals surface area contributed by atoms with Crippen molar-refractivity contribution in [1.82, 2.24) is 0 Å². The van der Waals surface area contributed by atoms with E-state index in [0.29, 0.717) is 18.8 Å². The van der Waals surface area contributed by atoms with E-state index in [1.165, 1.54) is 5.56 Å². The Bertz CT molecular complexity index is 1660. The summed E-state index contributed by atoms with van der Waals surface area (Å²) in [4.78, 5) is 13.6. The van der Waals surface area contributed by atoms with Crippen LogP contribution < -0.4 is 19.7 Å². The Labute approximate surface area is 259 Å².